The van der Waals surface area contributed by atoms with Crippen LogP contribution in [0.5, 0.6) is 0 Å². The van der Waals surface area contributed by atoms with Gasteiger partial charge >= 0.3 is 0 Å². The highest BCUT2D eigenvalue weighted by atomic mass is 32.1. The second-order valence-corrected chi connectivity index (χ2v) is 6.48. The molecular weight excluding hydrogens is 278 g/mol. The summed E-state index contributed by atoms with van der Waals surface area (Å²) in [4.78, 5) is 8.72. The van der Waals surface area contributed by atoms with Crippen molar-refractivity contribution in [2.45, 2.75) is 25.8 Å². The number of nitrogens with zero attached hydrogens (tertiary/aromatic N) is 2. The lowest BCUT2D eigenvalue weighted by Gasteiger charge is -2.29. The molecule has 0 saturated carbocycles. The second kappa shape index (κ2) is 7.16. The number of aromatic nitrogens is 1. The minimum absolute atomic E-state index is 0.302. The number of rotatable bonds is 4. The van der Waals surface area contributed by atoms with Gasteiger partial charge in [-0.1, -0.05) is 19.1 Å². The molecule has 0 aliphatic carbocycles. The summed E-state index contributed by atoms with van der Waals surface area (Å²) in [5, 5.41) is 5.65. The van der Waals surface area contributed by atoms with Crippen LogP contribution in [0.3, 0.4) is 0 Å². The van der Waals surface area contributed by atoms with Crippen molar-refractivity contribution >= 4 is 11.3 Å². The maximum atomic E-state index is 4.76. The van der Waals surface area contributed by atoms with Crippen LogP contribution >= 0.6 is 11.3 Å². The first-order valence-electron chi connectivity index (χ1n) is 7.81. The Morgan fingerprint density at radius 1 is 1.29 bits per heavy atom. The SMILES string of the molecule is CCc1ccc(C(c2cccs2)N2CCCNCC2)nc1. The molecule has 1 saturated heterocycles. The van der Waals surface area contributed by atoms with Crippen LogP contribution in [-0.4, -0.2) is 36.1 Å². The van der Waals surface area contributed by atoms with Gasteiger partial charge in [0.15, 0.2) is 0 Å². The Bertz CT molecular complexity index is 528. The molecular formula is C17H23N3S. The molecule has 1 unspecified atom stereocenters. The number of hydrogen-bond donors (Lipinski definition) is 1. The highest BCUT2D eigenvalue weighted by Gasteiger charge is 2.24. The van der Waals surface area contributed by atoms with E-state index in [-0.39, 0.29) is 0 Å². The van der Waals surface area contributed by atoms with E-state index in [9.17, 15) is 0 Å². The van der Waals surface area contributed by atoms with E-state index in [1.165, 1.54) is 22.6 Å². The van der Waals surface area contributed by atoms with Crippen LogP contribution < -0.4 is 5.32 Å². The predicted molar refractivity (Wildman–Crippen MR) is 88.8 cm³/mol. The quantitative estimate of drug-likeness (QED) is 0.940. The van der Waals surface area contributed by atoms with Crippen molar-refractivity contribution in [1.29, 1.82) is 0 Å². The van der Waals surface area contributed by atoms with E-state index >= 15 is 0 Å². The standard InChI is InChI=1S/C17H23N3S/c1-2-14-6-7-15(19-13-14)17(16-5-3-12-21-16)20-10-4-8-18-9-11-20/h3,5-7,12-13,17-18H,2,4,8-11H2,1H3. The van der Waals surface area contributed by atoms with Crippen LogP contribution in [0.1, 0.15) is 35.5 Å². The highest BCUT2D eigenvalue weighted by Crippen LogP contribution is 2.31. The molecule has 3 heterocycles. The summed E-state index contributed by atoms with van der Waals surface area (Å²) < 4.78 is 0. The Hall–Kier alpha value is -1.23. The van der Waals surface area contributed by atoms with Crippen molar-refractivity contribution in [3.8, 4) is 0 Å². The molecule has 3 rings (SSSR count). The van der Waals surface area contributed by atoms with E-state index in [1.54, 1.807) is 0 Å². The summed E-state index contributed by atoms with van der Waals surface area (Å²) in [6, 6.07) is 9.11. The van der Waals surface area contributed by atoms with E-state index in [4.69, 9.17) is 4.98 Å². The molecule has 3 nitrogen and oxygen atoms in total. The Kier molecular flexibility index (Phi) is 5.01. The van der Waals surface area contributed by atoms with Crippen molar-refractivity contribution in [2.24, 2.45) is 0 Å². The lowest BCUT2D eigenvalue weighted by molar-refractivity contribution is 0.240. The number of aryl methyl sites for hydroxylation is 1. The van der Waals surface area contributed by atoms with E-state index in [2.05, 4.69) is 46.8 Å². The predicted octanol–water partition coefficient (Wildman–Crippen LogP) is 3.09. The van der Waals surface area contributed by atoms with Crippen LogP contribution in [-0.2, 0) is 6.42 Å². The van der Waals surface area contributed by atoms with Crippen molar-refractivity contribution in [3.05, 3.63) is 52.0 Å². The smallest absolute Gasteiger partial charge is 0.0870 e. The van der Waals surface area contributed by atoms with Gasteiger partial charge in [-0.2, -0.15) is 0 Å². The van der Waals surface area contributed by atoms with Gasteiger partial charge in [-0.25, -0.2) is 0 Å². The van der Waals surface area contributed by atoms with Crippen molar-refractivity contribution in [3.63, 3.8) is 0 Å². The Labute approximate surface area is 131 Å². The lowest BCUT2D eigenvalue weighted by atomic mass is 10.1. The van der Waals surface area contributed by atoms with Crippen LogP contribution in [0.2, 0.25) is 0 Å². The largest absolute Gasteiger partial charge is 0.315 e. The number of thiophene rings is 1. The Morgan fingerprint density at radius 2 is 2.24 bits per heavy atom. The van der Waals surface area contributed by atoms with Gasteiger partial charge in [-0.05, 0) is 42.5 Å². The van der Waals surface area contributed by atoms with Gasteiger partial charge in [-0.3, -0.25) is 9.88 Å². The average Bonchev–Trinajstić information content (AvgIpc) is 2.91. The summed E-state index contributed by atoms with van der Waals surface area (Å²) in [5.41, 5.74) is 2.48. The van der Waals surface area contributed by atoms with Crippen LogP contribution in [0, 0.1) is 0 Å². The summed E-state index contributed by atoms with van der Waals surface area (Å²) in [6.07, 6.45) is 4.28. The van der Waals surface area contributed by atoms with E-state index < -0.39 is 0 Å². The molecule has 0 bridgehead atoms. The van der Waals surface area contributed by atoms with Crippen LogP contribution in [0.4, 0.5) is 0 Å². The fourth-order valence-electron chi connectivity index (χ4n) is 2.89. The van der Waals surface area contributed by atoms with Gasteiger partial charge in [0.2, 0.25) is 0 Å². The van der Waals surface area contributed by atoms with E-state index in [0.717, 1.165) is 32.6 Å². The second-order valence-electron chi connectivity index (χ2n) is 5.50. The van der Waals surface area contributed by atoms with Gasteiger partial charge in [0.05, 0.1) is 11.7 Å². The first kappa shape index (κ1) is 14.7. The molecule has 4 heteroatoms. The monoisotopic (exact) mass is 301 g/mol. The first-order chi connectivity index (χ1) is 10.4. The molecule has 2 aromatic rings. The van der Waals surface area contributed by atoms with Gasteiger partial charge in [0.25, 0.3) is 0 Å². The Balaban J connectivity index is 1.91. The zero-order chi connectivity index (χ0) is 14.5. The third-order valence-electron chi connectivity index (χ3n) is 4.09. The lowest BCUT2D eigenvalue weighted by Crippen LogP contribution is -2.33. The maximum absolute atomic E-state index is 4.76. The summed E-state index contributed by atoms with van der Waals surface area (Å²) in [6.45, 7) is 6.57. The molecule has 1 aliphatic heterocycles. The van der Waals surface area contributed by atoms with Gasteiger partial charge in [0.1, 0.15) is 0 Å². The highest BCUT2D eigenvalue weighted by molar-refractivity contribution is 7.10. The average molecular weight is 301 g/mol. The third kappa shape index (κ3) is 3.51. The fraction of sp³-hybridized carbons (Fsp3) is 0.471. The number of pyridine rings is 1. The molecule has 0 radical (unpaired) electrons. The van der Waals surface area contributed by atoms with E-state index in [1.807, 2.05) is 17.5 Å². The summed E-state index contributed by atoms with van der Waals surface area (Å²) in [7, 11) is 0. The topological polar surface area (TPSA) is 28.2 Å². The maximum Gasteiger partial charge on any atom is 0.0870 e. The minimum atomic E-state index is 0.302. The van der Waals surface area contributed by atoms with Gasteiger partial charge in [0, 0.05) is 30.7 Å². The number of hydrogen-bond acceptors (Lipinski definition) is 4. The molecule has 21 heavy (non-hydrogen) atoms. The summed E-state index contributed by atoms with van der Waals surface area (Å²) in [5.74, 6) is 0. The molecule has 0 spiro atoms. The molecule has 0 aromatic carbocycles. The minimum Gasteiger partial charge on any atom is -0.315 e. The van der Waals surface area contributed by atoms with Crippen LogP contribution in [0.25, 0.3) is 0 Å². The molecule has 1 N–H and O–H groups in total. The van der Waals surface area contributed by atoms with Crippen molar-refractivity contribution < 1.29 is 0 Å². The van der Waals surface area contributed by atoms with E-state index in [0.29, 0.717) is 6.04 Å². The first-order valence-corrected chi connectivity index (χ1v) is 8.69. The normalized spacial score (nSPS) is 18.3. The van der Waals surface area contributed by atoms with Crippen LogP contribution in [0.15, 0.2) is 35.8 Å². The third-order valence-corrected chi connectivity index (χ3v) is 5.01. The molecule has 1 aliphatic rings. The van der Waals surface area contributed by atoms with Crippen molar-refractivity contribution in [2.75, 3.05) is 26.2 Å². The molecule has 1 atom stereocenters. The molecule has 1 fully saturated rings. The molecule has 2 aromatic heterocycles. The van der Waals surface area contributed by atoms with Gasteiger partial charge < -0.3 is 5.32 Å². The molecule has 0 amide bonds. The Morgan fingerprint density at radius 3 is 2.95 bits per heavy atom. The number of nitrogens with one attached hydrogen (secondary N) is 1. The summed E-state index contributed by atoms with van der Waals surface area (Å²) >= 11 is 1.83. The van der Waals surface area contributed by atoms with Crippen molar-refractivity contribution in [1.82, 2.24) is 15.2 Å². The fourth-order valence-corrected chi connectivity index (χ4v) is 3.76. The zero-order valence-corrected chi connectivity index (χ0v) is 13.4. The van der Waals surface area contributed by atoms with Gasteiger partial charge in [-0.15, -0.1) is 11.3 Å². The zero-order valence-electron chi connectivity index (χ0n) is 12.6. The molecule has 112 valence electrons.